The minimum absolute atomic E-state index is 0.0735. The lowest BCUT2D eigenvalue weighted by atomic mass is 9.94. The molecule has 2 aromatic rings. The van der Waals surface area contributed by atoms with Crippen LogP contribution < -0.4 is 4.72 Å². The molecule has 0 saturated heterocycles. The van der Waals surface area contributed by atoms with Crippen molar-refractivity contribution in [3.63, 3.8) is 0 Å². The van der Waals surface area contributed by atoms with Gasteiger partial charge < -0.3 is 9.67 Å². The maximum atomic E-state index is 12.3. The lowest BCUT2D eigenvalue weighted by Gasteiger charge is -2.28. The smallest absolute Gasteiger partial charge is 0.260 e. The van der Waals surface area contributed by atoms with Crippen molar-refractivity contribution in [1.29, 1.82) is 0 Å². The van der Waals surface area contributed by atoms with E-state index in [1.54, 1.807) is 42.8 Å². The third-order valence-electron chi connectivity index (χ3n) is 3.04. The van der Waals surface area contributed by atoms with Crippen LogP contribution in [0.3, 0.4) is 0 Å². The molecule has 2 N–H and O–H groups in total. The number of rotatable bonds is 5. The molecule has 0 spiro atoms. The largest absolute Gasteiger partial charge is 0.394 e. The van der Waals surface area contributed by atoms with E-state index >= 15 is 0 Å². The zero-order chi connectivity index (χ0) is 14.8. The maximum absolute atomic E-state index is 12.3. The summed E-state index contributed by atoms with van der Waals surface area (Å²) < 4.78 is 28.7. The predicted octanol–water partition coefficient (Wildman–Crippen LogP) is 0.606. The van der Waals surface area contributed by atoms with Gasteiger partial charge in [-0.1, -0.05) is 30.3 Å². The fraction of sp³-hybridized carbons (Fsp3) is 0.308. The second-order valence-electron chi connectivity index (χ2n) is 4.84. The first-order chi connectivity index (χ1) is 9.37. The Morgan fingerprint density at radius 2 is 2.00 bits per heavy atom. The van der Waals surface area contributed by atoms with Crippen LogP contribution in [0, 0.1) is 0 Å². The molecule has 0 bridgehead atoms. The van der Waals surface area contributed by atoms with Crippen molar-refractivity contribution in [3.05, 3.63) is 48.4 Å². The van der Waals surface area contributed by atoms with Gasteiger partial charge in [0.1, 0.15) is 0 Å². The van der Waals surface area contributed by atoms with Crippen LogP contribution in [0.15, 0.2) is 47.9 Å². The highest BCUT2D eigenvalue weighted by Crippen LogP contribution is 2.22. The number of aliphatic hydroxyl groups is 1. The fourth-order valence-electron chi connectivity index (χ4n) is 1.86. The van der Waals surface area contributed by atoms with E-state index in [0.29, 0.717) is 5.56 Å². The van der Waals surface area contributed by atoms with Gasteiger partial charge in [0.25, 0.3) is 10.0 Å². The van der Waals surface area contributed by atoms with Crippen molar-refractivity contribution in [2.45, 2.75) is 17.5 Å². The standard InChI is InChI=1S/C13H17N3O3S/c1-13(9-17,11-6-4-3-5-7-11)15-20(18,19)12-8-16(2)10-14-12/h3-8,10,15,17H,9H2,1-2H3. The molecule has 0 aliphatic carbocycles. The van der Waals surface area contributed by atoms with Crippen molar-refractivity contribution < 1.29 is 13.5 Å². The molecule has 1 aromatic heterocycles. The average Bonchev–Trinajstić information content (AvgIpc) is 2.87. The normalized spacial score (nSPS) is 14.9. The molecule has 0 aliphatic rings. The number of imidazole rings is 1. The van der Waals surface area contributed by atoms with Crippen LogP contribution in [0.2, 0.25) is 0 Å². The second-order valence-corrected chi connectivity index (χ2v) is 6.47. The summed E-state index contributed by atoms with van der Waals surface area (Å²) in [5, 5.41) is 9.53. The van der Waals surface area contributed by atoms with E-state index < -0.39 is 15.6 Å². The number of nitrogens with zero attached hydrogens (tertiary/aromatic N) is 2. The molecule has 1 aromatic carbocycles. The molecule has 6 nitrogen and oxygen atoms in total. The Morgan fingerprint density at radius 1 is 1.35 bits per heavy atom. The van der Waals surface area contributed by atoms with E-state index in [9.17, 15) is 13.5 Å². The number of hydrogen-bond acceptors (Lipinski definition) is 4. The summed E-state index contributed by atoms with van der Waals surface area (Å²) in [4.78, 5) is 3.83. The zero-order valence-electron chi connectivity index (χ0n) is 11.3. The summed E-state index contributed by atoms with van der Waals surface area (Å²) in [6, 6.07) is 8.93. The molecule has 1 atom stereocenters. The van der Waals surface area contributed by atoms with E-state index in [-0.39, 0.29) is 11.6 Å². The van der Waals surface area contributed by atoms with Crippen molar-refractivity contribution in [2.75, 3.05) is 6.61 Å². The number of sulfonamides is 1. The number of aryl methyl sites for hydroxylation is 1. The van der Waals surface area contributed by atoms with Gasteiger partial charge in [0.2, 0.25) is 0 Å². The van der Waals surface area contributed by atoms with Gasteiger partial charge in [0.15, 0.2) is 5.03 Å². The van der Waals surface area contributed by atoms with Crippen LogP contribution in [0.25, 0.3) is 0 Å². The van der Waals surface area contributed by atoms with E-state index in [1.165, 1.54) is 12.5 Å². The van der Waals surface area contributed by atoms with Gasteiger partial charge in [-0.05, 0) is 12.5 Å². The van der Waals surface area contributed by atoms with Crippen molar-refractivity contribution in [3.8, 4) is 0 Å². The molecule has 0 radical (unpaired) electrons. The molecule has 108 valence electrons. The molecule has 0 amide bonds. The first kappa shape index (κ1) is 14.7. The van der Waals surface area contributed by atoms with E-state index in [0.717, 1.165) is 0 Å². The minimum atomic E-state index is -3.80. The van der Waals surface area contributed by atoms with Crippen LogP contribution >= 0.6 is 0 Å². The summed E-state index contributed by atoms with van der Waals surface area (Å²) in [5.41, 5.74) is -0.417. The Hall–Kier alpha value is -1.70. The van der Waals surface area contributed by atoms with Crippen LogP contribution in [-0.2, 0) is 22.6 Å². The van der Waals surface area contributed by atoms with Gasteiger partial charge in [-0.2, -0.15) is 4.72 Å². The first-order valence-corrected chi connectivity index (χ1v) is 7.54. The summed E-state index contributed by atoms with van der Waals surface area (Å²) >= 11 is 0. The molecule has 7 heteroatoms. The van der Waals surface area contributed by atoms with Crippen LogP contribution in [0.4, 0.5) is 0 Å². The second kappa shape index (κ2) is 5.35. The van der Waals surface area contributed by atoms with Crippen molar-refractivity contribution >= 4 is 10.0 Å². The molecule has 0 fully saturated rings. The lowest BCUT2D eigenvalue weighted by molar-refractivity contribution is 0.196. The van der Waals surface area contributed by atoms with Gasteiger partial charge >= 0.3 is 0 Å². The lowest BCUT2D eigenvalue weighted by Crippen LogP contribution is -2.46. The highest BCUT2D eigenvalue weighted by atomic mass is 32.2. The Balaban J connectivity index is 2.35. The highest BCUT2D eigenvalue weighted by molar-refractivity contribution is 7.89. The maximum Gasteiger partial charge on any atom is 0.260 e. The Bertz CT molecular complexity index is 682. The van der Waals surface area contributed by atoms with Gasteiger partial charge in [0, 0.05) is 13.2 Å². The average molecular weight is 295 g/mol. The number of hydrogen-bond donors (Lipinski definition) is 2. The monoisotopic (exact) mass is 295 g/mol. The third-order valence-corrected chi connectivity index (χ3v) is 4.52. The van der Waals surface area contributed by atoms with Crippen molar-refractivity contribution in [2.24, 2.45) is 7.05 Å². The third kappa shape index (κ3) is 2.90. The molecule has 1 unspecified atom stereocenters. The predicted molar refractivity (Wildman–Crippen MR) is 74.4 cm³/mol. The molecular weight excluding hydrogens is 278 g/mol. The molecule has 2 rings (SSSR count). The number of benzene rings is 1. The number of aliphatic hydroxyl groups excluding tert-OH is 1. The van der Waals surface area contributed by atoms with E-state index in [2.05, 4.69) is 9.71 Å². The SMILES string of the molecule is Cn1cnc(S(=O)(=O)NC(C)(CO)c2ccccc2)c1. The molecule has 0 aliphatic heterocycles. The van der Waals surface area contributed by atoms with Crippen LogP contribution in [0.1, 0.15) is 12.5 Å². The fourth-order valence-corrected chi connectivity index (χ4v) is 3.24. The topological polar surface area (TPSA) is 84.2 Å². The van der Waals surface area contributed by atoms with Crippen LogP contribution in [-0.4, -0.2) is 29.7 Å². The van der Waals surface area contributed by atoms with Crippen molar-refractivity contribution in [1.82, 2.24) is 14.3 Å². The zero-order valence-corrected chi connectivity index (χ0v) is 12.1. The molecule has 20 heavy (non-hydrogen) atoms. The summed E-state index contributed by atoms with van der Waals surface area (Å²) in [6.45, 7) is 1.27. The molecular formula is C13H17N3O3S. The van der Waals surface area contributed by atoms with Crippen LogP contribution in [0.5, 0.6) is 0 Å². The Labute approximate surface area is 118 Å². The Morgan fingerprint density at radius 3 is 2.50 bits per heavy atom. The Kier molecular flexibility index (Phi) is 3.94. The summed E-state index contributed by atoms with van der Waals surface area (Å²) in [5.74, 6) is 0. The van der Waals surface area contributed by atoms with E-state index in [4.69, 9.17) is 0 Å². The molecule has 0 saturated carbocycles. The van der Waals surface area contributed by atoms with Gasteiger partial charge in [-0.25, -0.2) is 13.4 Å². The number of nitrogens with one attached hydrogen (secondary N) is 1. The summed E-state index contributed by atoms with van der Waals surface area (Å²) in [7, 11) is -2.11. The molecule has 1 heterocycles. The summed E-state index contributed by atoms with van der Waals surface area (Å²) in [6.07, 6.45) is 2.82. The minimum Gasteiger partial charge on any atom is -0.394 e. The van der Waals surface area contributed by atoms with E-state index in [1.807, 2.05) is 6.07 Å². The first-order valence-electron chi connectivity index (χ1n) is 6.06. The van der Waals surface area contributed by atoms with Gasteiger partial charge in [-0.3, -0.25) is 0 Å². The number of aromatic nitrogens is 2. The quantitative estimate of drug-likeness (QED) is 0.846. The van der Waals surface area contributed by atoms with Gasteiger partial charge in [-0.15, -0.1) is 0 Å². The highest BCUT2D eigenvalue weighted by Gasteiger charge is 2.32. The van der Waals surface area contributed by atoms with Gasteiger partial charge in [0.05, 0.1) is 18.5 Å².